The Morgan fingerprint density at radius 2 is 2.62 bits per heavy atom. The first-order chi connectivity index (χ1) is 3.77. The van der Waals surface area contributed by atoms with E-state index in [2.05, 4.69) is 11.9 Å². The highest BCUT2D eigenvalue weighted by Crippen LogP contribution is 1.91. The van der Waals surface area contributed by atoms with Crippen LogP contribution < -0.4 is 11.1 Å². The molecule has 0 aliphatic heterocycles. The molecular weight excluding hydrogens is 122 g/mol. The van der Waals surface area contributed by atoms with Crippen LogP contribution in [0.15, 0.2) is 12.8 Å². The Kier molecular flexibility index (Phi) is 4.16. The van der Waals surface area contributed by atoms with Crippen molar-refractivity contribution in [1.82, 2.24) is 5.32 Å². The second-order valence-electron chi connectivity index (χ2n) is 1.06. The Balaban J connectivity index is 2.93. The van der Waals surface area contributed by atoms with Crippen LogP contribution in [0.3, 0.4) is 0 Å². The lowest BCUT2D eigenvalue weighted by molar-refractivity contribution is 1.07. The van der Waals surface area contributed by atoms with Gasteiger partial charge in [-0.05, 0) is 6.20 Å². The maximum atomic E-state index is 6.74. The van der Waals surface area contributed by atoms with E-state index in [1.54, 1.807) is 6.20 Å². The van der Waals surface area contributed by atoms with Gasteiger partial charge in [0.15, 0.2) is 5.17 Å². The number of nitrogens with two attached hydrogens (primary N) is 1. The second kappa shape index (κ2) is 4.52. The number of nitrogens with one attached hydrogen (secondary N) is 2. The topological polar surface area (TPSA) is 61.9 Å². The van der Waals surface area contributed by atoms with Crippen LogP contribution in [0, 0.1) is 5.41 Å². The fourth-order valence-electron chi connectivity index (χ4n) is 0.178. The molecule has 0 aromatic rings. The predicted molar refractivity (Wildman–Crippen MR) is 37.7 cm³/mol. The molecule has 0 bridgehead atoms. The second-order valence-corrected chi connectivity index (χ2v) is 2.08. The van der Waals surface area contributed by atoms with E-state index in [1.165, 1.54) is 11.8 Å². The first-order valence-electron chi connectivity index (χ1n) is 2.08. The van der Waals surface area contributed by atoms with Crippen molar-refractivity contribution in [2.75, 3.05) is 5.88 Å². The van der Waals surface area contributed by atoms with Crippen molar-refractivity contribution in [3.05, 3.63) is 12.8 Å². The third-order valence-corrected chi connectivity index (χ3v) is 1.08. The molecule has 0 saturated carbocycles. The molecule has 46 valence electrons. The Bertz CT molecular complexity index is 91.3. The average molecular weight is 131 g/mol. The molecule has 0 aromatic heterocycles. The van der Waals surface area contributed by atoms with E-state index < -0.39 is 0 Å². The number of thioether (sulfide) groups is 1. The lowest BCUT2D eigenvalue weighted by atomic mass is 11.0. The molecular formula is C4H9N3S. The zero-order chi connectivity index (χ0) is 6.41. The van der Waals surface area contributed by atoms with E-state index in [-0.39, 0.29) is 5.17 Å². The highest BCUT2D eigenvalue weighted by atomic mass is 32.2. The molecule has 0 aromatic carbocycles. The van der Waals surface area contributed by atoms with Gasteiger partial charge in [-0.3, -0.25) is 5.41 Å². The monoisotopic (exact) mass is 131 g/mol. The van der Waals surface area contributed by atoms with Crippen LogP contribution in [0.1, 0.15) is 0 Å². The van der Waals surface area contributed by atoms with Crippen LogP contribution in [0.4, 0.5) is 0 Å². The molecule has 0 atom stereocenters. The smallest absolute Gasteiger partial charge is 0.152 e. The van der Waals surface area contributed by atoms with Crippen molar-refractivity contribution in [3.63, 3.8) is 0 Å². The molecule has 0 heterocycles. The Morgan fingerprint density at radius 3 is 3.00 bits per heavy atom. The average Bonchev–Trinajstić information content (AvgIpc) is 1.66. The summed E-state index contributed by atoms with van der Waals surface area (Å²) in [7, 11) is 0. The van der Waals surface area contributed by atoms with Crippen LogP contribution >= 0.6 is 11.8 Å². The summed E-state index contributed by atoms with van der Waals surface area (Å²) in [5.74, 6) is 0.624. The summed E-state index contributed by atoms with van der Waals surface area (Å²) in [6.07, 6.45) is 1.57. The summed E-state index contributed by atoms with van der Waals surface area (Å²) in [6.45, 7) is 3.42. The first kappa shape index (κ1) is 7.36. The van der Waals surface area contributed by atoms with E-state index in [4.69, 9.17) is 11.1 Å². The van der Waals surface area contributed by atoms with Crippen molar-refractivity contribution >= 4 is 16.9 Å². The summed E-state index contributed by atoms with van der Waals surface area (Å²) < 4.78 is 0. The van der Waals surface area contributed by atoms with Crippen LogP contribution in [0.5, 0.6) is 0 Å². The van der Waals surface area contributed by atoms with E-state index in [9.17, 15) is 0 Å². The van der Waals surface area contributed by atoms with Gasteiger partial charge in [0.25, 0.3) is 0 Å². The standard InChI is InChI=1S/C4H9N3S/c1-2-7-3-8-4(5)6/h2,7H,1,3H2,(H3,5,6). The van der Waals surface area contributed by atoms with Crippen LogP contribution in [0.2, 0.25) is 0 Å². The Morgan fingerprint density at radius 1 is 2.00 bits per heavy atom. The molecule has 4 heteroatoms. The molecule has 0 rings (SSSR count). The summed E-state index contributed by atoms with van der Waals surface area (Å²) in [5.41, 5.74) is 5.01. The SMILES string of the molecule is C=CNCSC(=N)N. The molecule has 8 heavy (non-hydrogen) atoms. The molecule has 3 nitrogen and oxygen atoms in total. The van der Waals surface area contributed by atoms with Gasteiger partial charge in [-0.15, -0.1) is 0 Å². The van der Waals surface area contributed by atoms with Crippen molar-refractivity contribution < 1.29 is 0 Å². The van der Waals surface area contributed by atoms with Crippen molar-refractivity contribution in [1.29, 1.82) is 5.41 Å². The minimum absolute atomic E-state index is 0.124. The minimum Gasteiger partial charge on any atom is -0.382 e. The van der Waals surface area contributed by atoms with Gasteiger partial charge in [0.2, 0.25) is 0 Å². The molecule has 0 saturated heterocycles. The highest BCUT2D eigenvalue weighted by molar-refractivity contribution is 8.13. The van der Waals surface area contributed by atoms with Gasteiger partial charge in [-0.1, -0.05) is 18.3 Å². The zero-order valence-electron chi connectivity index (χ0n) is 4.48. The third kappa shape index (κ3) is 5.36. The fraction of sp³-hybridized carbons (Fsp3) is 0.250. The van der Waals surface area contributed by atoms with Gasteiger partial charge >= 0.3 is 0 Å². The number of amidine groups is 1. The van der Waals surface area contributed by atoms with Gasteiger partial charge < -0.3 is 11.1 Å². The van der Waals surface area contributed by atoms with Crippen LogP contribution in [-0.4, -0.2) is 11.0 Å². The summed E-state index contributed by atoms with van der Waals surface area (Å²) >= 11 is 1.23. The molecule has 0 aliphatic rings. The van der Waals surface area contributed by atoms with E-state index >= 15 is 0 Å². The predicted octanol–water partition coefficient (Wildman–Crippen LogP) is 0.304. The third-order valence-electron chi connectivity index (χ3n) is 0.455. The molecule has 0 amide bonds. The van der Waals surface area contributed by atoms with Crippen molar-refractivity contribution in [2.24, 2.45) is 5.73 Å². The number of hydrogen-bond donors (Lipinski definition) is 3. The molecule has 4 N–H and O–H groups in total. The van der Waals surface area contributed by atoms with E-state index in [0.717, 1.165) is 0 Å². The fourth-order valence-corrected chi connectivity index (χ4v) is 0.535. The van der Waals surface area contributed by atoms with Gasteiger partial charge in [0.1, 0.15) is 0 Å². The van der Waals surface area contributed by atoms with Crippen molar-refractivity contribution in [3.8, 4) is 0 Å². The largest absolute Gasteiger partial charge is 0.382 e. The lowest BCUT2D eigenvalue weighted by Crippen LogP contribution is -2.10. The number of rotatable bonds is 3. The first-order valence-corrected chi connectivity index (χ1v) is 3.07. The number of hydrogen-bond acceptors (Lipinski definition) is 3. The van der Waals surface area contributed by atoms with Crippen LogP contribution in [0.25, 0.3) is 0 Å². The lowest BCUT2D eigenvalue weighted by Gasteiger charge is -1.95. The van der Waals surface area contributed by atoms with Crippen molar-refractivity contribution in [2.45, 2.75) is 0 Å². The van der Waals surface area contributed by atoms with Gasteiger partial charge in [-0.2, -0.15) is 0 Å². The molecule has 0 unspecified atom stereocenters. The molecule has 0 fully saturated rings. The summed E-state index contributed by atoms with van der Waals surface area (Å²) in [6, 6.07) is 0. The summed E-state index contributed by atoms with van der Waals surface area (Å²) in [4.78, 5) is 0. The molecule has 0 spiro atoms. The van der Waals surface area contributed by atoms with Gasteiger partial charge in [-0.25, -0.2) is 0 Å². The molecule has 0 radical (unpaired) electrons. The van der Waals surface area contributed by atoms with Gasteiger partial charge in [0.05, 0.1) is 5.88 Å². The Hall–Kier alpha value is -0.640. The maximum absolute atomic E-state index is 6.74. The van der Waals surface area contributed by atoms with Gasteiger partial charge in [0, 0.05) is 0 Å². The highest BCUT2D eigenvalue weighted by Gasteiger charge is 1.83. The van der Waals surface area contributed by atoms with Crippen LogP contribution in [-0.2, 0) is 0 Å². The van der Waals surface area contributed by atoms with E-state index in [1.807, 2.05) is 0 Å². The zero-order valence-corrected chi connectivity index (χ0v) is 5.29. The Labute approximate surface area is 52.8 Å². The maximum Gasteiger partial charge on any atom is 0.152 e. The minimum atomic E-state index is 0.124. The quantitative estimate of drug-likeness (QED) is 0.223. The van der Waals surface area contributed by atoms with E-state index in [0.29, 0.717) is 5.88 Å². The summed E-state index contributed by atoms with van der Waals surface area (Å²) in [5, 5.41) is 9.65. The normalized spacial score (nSPS) is 8.00. The molecule has 0 aliphatic carbocycles.